The van der Waals surface area contributed by atoms with Crippen molar-refractivity contribution in [3.8, 4) is 0 Å². The number of nitrogens with one attached hydrogen (secondary N) is 1. The maximum atomic E-state index is 5.53. The third kappa shape index (κ3) is 5.22. The van der Waals surface area contributed by atoms with Gasteiger partial charge in [-0.25, -0.2) is 0 Å². The van der Waals surface area contributed by atoms with Crippen LogP contribution in [0.25, 0.3) is 0 Å². The molecule has 0 aromatic carbocycles. The van der Waals surface area contributed by atoms with E-state index in [4.69, 9.17) is 4.74 Å². The molecule has 1 saturated heterocycles. The molecule has 1 fully saturated rings. The Morgan fingerprint density at radius 1 is 1.58 bits per heavy atom. The van der Waals surface area contributed by atoms with Crippen molar-refractivity contribution in [2.75, 3.05) is 39.9 Å². The standard InChI is InChI=1S/C15H26N2OS/c1-13(15-6-4-10-19-15)16-7-8-17(2)11-14-5-3-9-18-12-14/h4,6,10,13-14,16H,3,5,7-9,11-12H2,1-2H3. The van der Waals surface area contributed by atoms with Gasteiger partial charge < -0.3 is 15.0 Å². The fourth-order valence-corrected chi connectivity index (χ4v) is 3.35. The van der Waals surface area contributed by atoms with E-state index < -0.39 is 0 Å². The zero-order valence-electron chi connectivity index (χ0n) is 12.1. The number of rotatable bonds is 7. The summed E-state index contributed by atoms with van der Waals surface area (Å²) in [6, 6.07) is 4.78. The van der Waals surface area contributed by atoms with Gasteiger partial charge in [-0.3, -0.25) is 0 Å². The molecule has 1 N–H and O–H groups in total. The summed E-state index contributed by atoms with van der Waals surface area (Å²) in [7, 11) is 2.21. The maximum Gasteiger partial charge on any atom is 0.0506 e. The minimum Gasteiger partial charge on any atom is -0.381 e. The van der Waals surface area contributed by atoms with Crippen molar-refractivity contribution in [1.29, 1.82) is 0 Å². The van der Waals surface area contributed by atoms with Gasteiger partial charge in [0.25, 0.3) is 0 Å². The fraction of sp³-hybridized carbons (Fsp3) is 0.733. The molecule has 19 heavy (non-hydrogen) atoms. The Kier molecular flexibility index (Phi) is 6.31. The maximum absolute atomic E-state index is 5.53. The summed E-state index contributed by atoms with van der Waals surface area (Å²) in [6.45, 7) is 7.45. The number of nitrogens with zero attached hydrogens (tertiary/aromatic N) is 1. The second kappa shape index (κ2) is 8.00. The van der Waals surface area contributed by atoms with Gasteiger partial charge in [0.05, 0.1) is 6.61 Å². The van der Waals surface area contributed by atoms with Crippen LogP contribution in [0.5, 0.6) is 0 Å². The molecule has 2 rings (SSSR count). The summed E-state index contributed by atoms with van der Waals surface area (Å²) >= 11 is 1.83. The molecule has 2 heterocycles. The molecular weight excluding hydrogens is 256 g/mol. The highest BCUT2D eigenvalue weighted by Gasteiger charge is 2.15. The summed E-state index contributed by atoms with van der Waals surface area (Å²) < 4.78 is 5.53. The smallest absolute Gasteiger partial charge is 0.0506 e. The van der Waals surface area contributed by atoms with Crippen LogP contribution < -0.4 is 5.32 Å². The quantitative estimate of drug-likeness (QED) is 0.832. The molecule has 0 aliphatic carbocycles. The number of ether oxygens (including phenoxy) is 1. The van der Waals surface area contributed by atoms with Crippen LogP contribution in [0, 0.1) is 5.92 Å². The van der Waals surface area contributed by atoms with Crippen molar-refractivity contribution < 1.29 is 4.74 Å². The van der Waals surface area contributed by atoms with Gasteiger partial charge in [0.2, 0.25) is 0 Å². The molecule has 1 aromatic rings. The minimum absolute atomic E-state index is 0.464. The van der Waals surface area contributed by atoms with Gasteiger partial charge in [-0.2, -0.15) is 0 Å². The third-order valence-corrected chi connectivity index (χ3v) is 4.79. The number of thiophene rings is 1. The predicted octanol–water partition coefficient (Wildman–Crippen LogP) is 2.76. The van der Waals surface area contributed by atoms with Crippen molar-refractivity contribution in [3.05, 3.63) is 22.4 Å². The van der Waals surface area contributed by atoms with Crippen molar-refractivity contribution in [1.82, 2.24) is 10.2 Å². The van der Waals surface area contributed by atoms with Gasteiger partial charge >= 0.3 is 0 Å². The highest BCUT2D eigenvalue weighted by atomic mass is 32.1. The zero-order valence-corrected chi connectivity index (χ0v) is 12.9. The van der Waals surface area contributed by atoms with Crippen molar-refractivity contribution in [2.24, 2.45) is 5.92 Å². The van der Waals surface area contributed by atoms with E-state index in [-0.39, 0.29) is 0 Å². The topological polar surface area (TPSA) is 24.5 Å². The first-order valence-electron chi connectivity index (χ1n) is 7.29. The van der Waals surface area contributed by atoms with Crippen LogP contribution in [0.1, 0.15) is 30.7 Å². The average Bonchev–Trinajstić information content (AvgIpc) is 2.93. The largest absolute Gasteiger partial charge is 0.381 e. The van der Waals surface area contributed by atoms with Gasteiger partial charge in [-0.1, -0.05) is 6.07 Å². The van der Waals surface area contributed by atoms with Gasteiger partial charge in [0.15, 0.2) is 0 Å². The van der Waals surface area contributed by atoms with Gasteiger partial charge in [-0.15, -0.1) is 11.3 Å². The average molecular weight is 282 g/mol. The summed E-state index contributed by atoms with van der Waals surface area (Å²) in [5, 5.41) is 5.73. The SMILES string of the molecule is CC(NCCN(C)CC1CCCOC1)c1cccs1. The molecule has 2 atom stereocenters. The minimum atomic E-state index is 0.464. The Morgan fingerprint density at radius 3 is 3.16 bits per heavy atom. The lowest BCUT2D eigenvalue weighted by Gasteiger charge is -2.27. The van der Waals surface area contributed by atoms with E-state index in [1.165, 1.54) is 17.7 Å². The molecule has 1 aromatic heterocycles. The van der Waals surface area contributed by atoms with Crippen LogP contribution >= 0.6 is 11.3 Å². The lowest BCUT2D eigenvalue weighted by atomic mass is 10.0. The third-order valence-electron chi connectivity index (χ3n) is 3.74. The molecule has 0 spiro atoms. The van der Waals surface area contributed by atoms with E-state index in [2.05, 4.69) is 41.7 Å². The summed E-state index contributed by atoms with van der Waals surface area (Å²) in [6.07, 6.45) is 2.55. The molecule has 0 bridgehead atoms. The molecule has 1 aliphatic rings. The second-order valence-electron chi connectivity index (χ2n) is 5.54. The predicted molar refractivity (Wildman–Crippen MR) is 81.8 cm³/mol. The van der Waals surface area contributed by atoms with Gasteiger partial charge in [-0.05, 0) is 44.2 Å². The summed E-state index contributed by atoms with van der Waals surface area (Å²) in [4.78, 5) is 3.84. The molecule has 4 heteroatoms. The van der Waals surface area contributed by atoms with Gasteiger partial charge in [0.1, 0.15) is 0 Å². The Hall–Kier alpha value is -0.420. The molecule has 0 amide bonds. The van der Waals surface area contributed by atoms with Crippen molar-refractivity contribution in [3.63, 3.8) is 0 Å². The normalized spacial score (nSPS) is 21.7. The van der Waals surface area contributed by atoms with Crippen molar-refractivity contribution >= 4 is 11.3 Å². The van der Waals surface area contributed by atoms with Crippen LogP contribution in [0.3, 0.4) is 0 Å². The van der Waals surface area contributed by atoms with E-state index in [1.54, 1.807) is 0 Å². The zero-order chi connectivity index (χ0) is 13.5. The Labute approximate surface area is 121 Å². The molecule has 0 saturated carbocycles. The van der Waals surface area contributed by atoms with E-state index in [9.17, 15) is 0 Å². The molecule has 0 radical (unpaired) electrons. The molecule has 1 aliphatic heterocycles. The summed E-state index contributed by atoms with van der Waals surface area (Å²) in [5.74, 6) is 0.730. The monoisotopic (exact) mass is 282 g/mol. The molecular formula is C15H26N2OS. The van der Waals surface area contributed by atoms with E-state index >= 15 is 0 Å². The Balaban J connectivity index is 1.59. The first-order chi connectivity index (χ1) is 9.25. The number of likely N-dealkylation sites (N-methyl/N-ethyl adjacent to an activating group) is 1. The van der Waals surface area contributed by atoms with E-state index in [0.717, 1.165) is 38.8 Å². The fourth-order valence-electron chi connectivity index (χ4n) is 2.59. The number of hydrogen-bond donors (Lipinski definition) is 1. The lowest BCUT2D eigenvalue weighted by molar-refractivity contribution is 0.0421. The van der Waals surface area contributed by atoms with Crippen LogP contribution in [0.4, 0.5) is 0 Å². The molecule has 3 nitrogen and oxygen atoms in total. The first kappa shape index (κ1) is 15.0. The summed E-state index contributed by atoms with van der Waals surface area (Å²) in [5.41, 5.74) is 0. The molecule has 2 unspecified atom stereocenters. The van der Waals surface area contributed by atoms with Gasteiger partial charge in [0, 0.05) is 37.2 Å². The Morgan fingerprint density at radius 2 is 2.47 bits per heavy atom. The van der Waals surface area contributed by atoms with E-state index in [0.29, 0.717) is 6.04 Å². The highest BCUT2D eigenvalue weighted by Crippen LogP contribution is 2.18. The molecule has 108 valence electrons. The number of hydrogen-bond acceptors (Lipinski definition) is 4. The lowest BCUT2D eigenvalue weighted by Crippen LogP contribution is -2.35. The van der Waals surface area contributed by atoms with Crippen LogP contribution in [0.2, 0.25) is 0 Å². The Bertz CT molecular complexity index is 336. The van der Waals surface area contributed by atoms with E-state index in [1.807, 2.05) is 11.3 Å². The van der Waals surface area contributed by atoms with Crippen LogP contribution in [0.15, 0.2) is 17.5 Å². The van der Waals surface area contributed by atoms with Crippen molar-refractivity contribution in [2.45, 2.75) is 25.8 Å². The van der Waals surface area contributed by atoms with Crippen LogP contribution in [-0.4, -0.2) is 44.8 Å². The van der Waals surface area contributed by atoms with Crippen LogP contribution in [-0.2, 0) is 4.74 Å². The highest BCUT2D eigenvalue weighted by molar-refractivity contribution is 7.10. The second-order valence-corrected chi connectivity index (χ2v) is 6.52. The first-order valence-corrected chi connectivity index (χ1v) is 8.16.